The highest BCUT2D eigenvalue weighted by molar-refractivity contribution is 5.54. The van der Waals surface area contributed by atoms with Crippen molar-refractivity contribution in [2.75, 3.05) is 5.73 Å². The molecular formula is C10H13N5. The number of aryl methyl sites for hydroxylation is 2. The third kappa shape index (κ3) is 1.56. The van der Waals surface area contributed by atoms with Crippen LogP contribution in [0.5, 0.6) is 0 Å². The zero-order valence-corrected chi connectivity index (χ0v) is 9.02. The molecule has 0 fully saturated rings. The molecule has 0 amide bonds. The Morgan fingerprint density at radius 3 is 2.53 bits per heavy atom. The lowest BCUT2D eigenvalue weighted by molar-refractivity contribution is 0.769. The van der Waals surface area contributed by atoms with Gasteiger partial charge in [0.2, 0.25) is 0 Å². The van der Waals surface area contributed by atoms with Crippen molar-refractivity contribution in [2.24, 2.45) is 7.05 Å². The first-order valence-corrected chi connectivity index (χ1v) is 4.68. The van der Waals surface area contributed by atoms with Crippen molar-refractivity contribution in [2.45, 2.75) is 13.8 Å². The van der Waals surface area contributed by atoms with Crippen LogP contribution < -0.4 is 5.73 Å². The van der Waals surface area contributed by atoms with Gasteiger partial charge in [-0.2, -0.15) is 5.10 Å². The number of nitrogen functional groups attached to an aromatic ring is 1. The molecule has 0 saturated carbocycles. The molecule has 2 N–H and O–H groups in total. The highest BCUT2D eigenvalue weighted by Gasteiger charge is 2.09. The third-order valence-electron chi connectivity index (χ3n) is 2.48. The molecule has 0 aromatic carbocycles. The predicted molar refractivity (Wildman–Crippen MR) is 58.1 cm³/mol. The summed E-state index contributed by atoms with van der Waals surface area (Å²) in [5.41, 5.74) is 8.50. The molecule has 2 aromatic heterocycles. The predicted octanol–water partition coefficient (Wildman–Crippen LogP) is 1.08. The minimum Gasteiger partial charge on any atom is -0.383 e. The van der Waals surface area contributed by atoms with Crippen LogP contribution in [0.2, 0.25) is 0 Å². The van der Waals surface area contributed by atoms with E-state index in [2.05, 4.69) is 15.1 Å². The summed E-state index contributed by atoms with van der Waals surface area (Å²) >= 11 is 0. The number of aromatic nitrogens is 4. The first-order chi connectivity index (χ1) is 7.09. The van der Waals surface area contributed by atoms with E-state index in [1.54, 1.807) is 10.9 Å². The summed E-state index contributed by atoms with van der Waals surface area (Å²) in [5.74, 6) is 1.15. The molecule has 5 heteroatoms. The maximum atomic E-state index is 5.80. The van der Waals surface area contributed by atoms with E-state index in [0.29, 0.717) is 11.6 Å². The van der Waals surface area contributed by atoms with E-state index in [9.17, 15) is 0 Å². The first-order valence-electron chi connectivity index (χ1n) is 4.68. The molecule has 15 heavy (non-hydrogen) atoms. The fraction of sp³-hybridized carbons (Fsp3) is 0.300. The van der Waals surface area contributed by atoms with E-state index >= 15 is 0 Å². The first kappa shape index (κ1) is 9.64. The molecule has 0 aliphatic heterocycles. The van der Waals surface area contributed by atoms with Gasteiger partial charge >= 0.3 is 0 Å². The van der Waals surface area contributed by atoms with Gasteiger partial charge in [-0.15, -0.1) is 0 Å². The highest BCUT2D eigenvalue weighted by atomic mass is 15.3. The number of nitrogens with zero attached hydrogens (tertiary/aromatic N) is 4. The van der Waals surface area contributed by atoms with E-state index in [1.807, 2.05) is 27.0 Å². The van der Waals surface area contributed by atoms with Gasteiger partial charge in [-0.1, -0.05) is 0 Å². The van der Waals surface area contributed by atoms with Crippen LogP contribution in [-0.4, -0.2) is 19.7 Å². The minimum atomic E-state index is 0.527. The highest BCUT2D eigenvalue weighted by Crippen LogP contribution is 2.18. The van der Waals surface area contributed by atoms with Gasteiger partial charge < -0.3 is 5.73 Å². The lowest BCUT2D eigenvalue weighted by atomic mass is 10.2. The Balaban J connectivity index is 2.60. The molecule has 0 atom stereocenters. The zero-order valence-electron chi connectivity index (χ0n) is 9.02. The van der Waals surface area contributed by atoms with Gasteiger partial charge in [-0.05, 0) is 19.9 Å². The second kappa shape index (κ2) is 3.34. The van der Waals surface area contributed by atoms with Gasteiger partial charge in [0.1, 0.15) is 11.5 Å². The van der Waals surface area contributed by atoms with Gasteiger partial charge in [0.05, 0.1) is 0 Å². The lowest BCUT2D eigenvalue weighted by Crippen LogP contribution is -2.04. The number of hydrogen-bond donors (Lipinski definition) is 1. The molecular weight excluding hydrogens is 190 g/mol. The molecule has 2 aromatic rings. The smallest absolute Gasteiger partial charge is 0.180 e. The average Bonchev–Trinajstić information content (AvgIpc) is 2.60. The van der Waals surface area contributed by atoms with Crippen molar-refractivity contribution in [3.63, 3.8) is 0 Å². The molecule has 0 unspecified atom stereocenters. The van der Waals surface area contributed by atoms with Crippen molar-refractivity contribution in [1.82, 2.24) is 19.7 Å². The normalized spacial score (nSPS) is 10.6. The zero-order chi connectivity index (χ0) is 11.0. The van der Waals surface area contributed by atoms with Crippen LogP contribution in [0.15, 0.2) is 12.3 Å². The topological polar surface area (TPSA) is 69.6 Å². The van der Waals surface area contributed by atoms with Crippen LogP contribution in [0.1, 0.15) is 11.3 Å². The van der Waals surface area contributed by atoms with Crippen LogP contribution in [0.3, 0.4) is 0 Å². The van der Waals surface area contributed by atoms with Gasteiger partial charge in [-0.3, -0.25) is 4.68 Å². The van der Waals surface area contributed by atoms with E-state index < -0.39 is 0 Å². The molecule has 2 rings (SSSR count). The van der Waals surface area contributed by atoms with E-state index in [0.717, 1.165) is 17.0 Å². The monoisotopic (exact) mass is 203 g/mol. The average molecular weight is 203 g/mol. The minimum absolute atomic E-state index is 0.527. The molecule has 0 bridgehead atoms. The summed E-state index contributed by atoms with van der Waals surface area (Å²) in [6.07, 6.45) is 1.71. The summed E-state index contributed by atoms with van der Waals surface area (Å²) in [5, 5.41) is 4.07. The SMILES string of the molecule is Cc1nc(-c2ccnn2C)nc(N)c1C. The van der Waals surface area contributed by atoms with Crippen LogP contribution in [0, 0.1) is 13.8 Å². The number of rotatable bonds is 1. The Hall–Kier alpha value is -1.91. The van der Waals surface area contributed by atoms with Crippen molar-refractivity contribution >= 4 is 5.82 Å². The second-order valence-electron chi connectivity index (χ2n) is 3.48. The Kier molecular flexibility index (Phi) is 2.15. The number of anilines is 1. The number of nitrogens with two attached hydrogens (primary N) is 1. The molecule has 0 aliphatic rings. The van der Waals surface area contributed by atoms with Crippen LogP contribution in [0.25, 0.3) is 11.5 Å². The molecule has 5 nitrogen and oxygen atoms in total. The Bertz CT molecular complexity index is 477. The Morgan fingerprint density at radius 1 is 1.27 bits per heavy atom. The van der Waals surface area contributed by atoms with E-state index in [4.69, 9.17) is 5.73 Å². The van der Waals surface area contributed by atoms with Crippen LogP contribution in [-0.2, 0) is 7.05 Å². The summed E-state index contributed by atoms with van der Waals surface area (Å²) < 4.78 is 1.73. The largest absolute Gasteiger partial charge is 0.383 e. The van der Waals surface area contributed by atoms with Crippen molar-refractivity contribution in [3.8, 4) is 11.5 Å². The molecule has 78 valence electrons. The fourth-order valence-corrected chi connectivity index (χ4v) is 1.36. The maximum absolute atomic E-state index is 5.80. The molecule has 0 spiro atoms. The van der Waals surface area contributed by atoms with Gasteiger partial charge in [0, 0.05) is 24.5 Å². The second-order valence-corrected chi connectivity index (χ2v) is 3.48. The van der Waals surface area contributed by atoms with Crippen LogP contribution >= 0.6 is 0 Å². The van der Waals surface area contributed by atoms with Crippen LogP contribution in [0.4, 0.5) is 5.82 Å². The molecule has 0 aliphatic carbocycles. The number of hydrogen-bond acceptors (Lipinski definition) is 4. The molecule has 0 saturated heterocycles. The lowest BCUT2D eigenvalue weighted by Gasteiger charge is -2.06. The molecule has 0 radical (unpaired) electrons. The standard InChI is InChI=1S/C10H13N5/c1-6-7(2)13-10(14-9(6)11)8-4-5-12-15(8)3/h4-5H,1-3H3,(H2,11,13,14). The van der Waals surface area contributed by atoms with Crippen molar-refractivity contribution in [1.29, 1.82) is 0 Å². The third-order valence-corrected chi connectivity index (χ3v) is 2.48. The van der Waals surface area contributed by atoms with E-state index in [1.165, 1.54) is 0 Å². The van der Waals surface area contributed by atoms with Gasteiger partial charge in [0.15, 0.2) is 5.82 Å². The Morgan fingerprint density at radius 2 is 2.00 bits per heavy atom. The quantitative estimate of drug-likeness (QED) is 0.752. The summed E-state index contributed by atoms with van der Waals surface area (Å²) in [4.78, 5) is 8.63. The Labute approximate surface area is 88.0 Å². The van der Waals surface area contributed by atoms with Gasteiger partial charge in [0.25, 0.3) is 0 Å². The van der Waals surface area contributed by atoms with E-state index in [-0.39, 0.29) is 0 Å². The summed E-state index contributed by atoms with van der Waals surface area (Å²) in [6.45, 7) is 3.84. The summed E-state index contributed by atoms with van der Waals surface area (Å²) in [7, 11) is 1.85. The summed E-state index contributed by atoms with van der Waals surface area (Å²) in [6, 6.07) is 1.86. The van der Waals surface area contributed by atoms with Crippen molar-refractivity contribution in [3.05, 3.63) is 23.5 Å². The van der Waals surface area contributed by atoms with Gasteiger partial charge in [-0.25, -0.2) is 9.97 Å². The fourth-order valence-electron chi connectivity index (χ4n) is 1.36. The maximum Gasteiger partial charge on any atom is 0.180 e. The van der Waals surface area contributed by atoms with Crippen molar-refractivity contribution < 1.29 is 0 Å². The molecule has 2 heterocycles.